The summed E-state index contributed by atoms with van der Waals surface area (Å²) in [5, 5.41) is 2.64. The Kier molecular flexibility index (Phi) is 5.44. The van der Waals surface area contributed by atoms with Crippen LogP contribution in [0.5, 0.6) is 11.5 Å². The van der Waals surface area contributed by atoms with Crippen molar-refractivity contribution in [3.05, 3.63) is 48.2 Å². The lowest BCUT2D eigenvalue weighted by atomic mass is 10.2. The lowest BCUT2D eigenvalue weighted by Gasteiger charge is -2.27. The number of carbonyl (C=O) groups is 2. The molecule has 30 heavy (non-hydrogen) atoms. The molecule has 3 heterocycles. The number of amidine groups is 1. The van der Waals surface area contributed by atoms with E-state index < -0.39 is 28.5 Å². The first-order valence-corrected chi connectivity index (χ1v) is 10.8. The fourth-order valence-electron chi connectivity index (χ4n) is 2.98. The van der Waals surface area contributed by atoms with Gasteiger partial charge in [-0.15, -0.1) is 4.40 Å². The van der Waals surface area contributed by atoms with Crippen LogP contribution in [0.4, 0.5) is 0 Å². The predicted octanol–water partition coefficient (Wildman–Crippen LogP) is -0.0166. The molecule has 1 unspecified atom stereocenters. The largest absolute Gasteiger partial charge is 0.486 e. The molecule has 0 saturated heterocycles. The first kappa shape index (κ1) is 20.0. The highest BCUT2D eigenvalue weighted by Gasteiger charge is 2.26. The first-order valence-electron chi connectivity index (χ1n) is 9.21. The molecule has 10 nitrogen and oxygen atoms in total. The van der Waals surface area contributed by atoms with Crippen molar-refractivity contribution in [2.45, 2.75) is 6.10 Å². The molecule has 0 bridgehead atoms. The van der Waals surface area contributed by atoms with E-state index in [0.717, 1.165) is 0 Å². The number of amides is 1. The number of nitrogens with zero attached hydrogens (tertiary/aromatic N) is 2. The van der Waals surface area contributed by atoms with Crippen LogP contribution < -0.4 is 14.8 Å². The number of rotatable bonds is 5. The number of esters is 1. The van der Waals surface area contributed by atoms with Crippen molar-refractivity contribution in [1.29, 1.82) is 0 Å². The zero-order valence-electron chi connectivity index (χ0n) is 15.8. The van der Waals surface area contributed by atoms with E-state index in [1.54, 1.807) is 17.0 Å². The zero-order valence-corrected chi connectivity index (χ0v) is 16.6. The van der Waals surface area contributed by atoms with Gasteiger partial charge in [-0.3, -0.25) is 4.79 Å². The molecule has 0 aliphatic carbocycles. The van der Waals surface area contributed by atoms with Crippen molar-refractivity contribution < 1.29 is 32.2 Å². The normalized spacial score (nSPS) is 21.1. The van der Waals surface area contributed by atoms with Crippen LogP contribution in [0.3, 0.4) is 0 Å². The molecule has 0 aromatic heterocycles. The highest BCUT2D eigenvalue weighted by molar-refractivity contribution is 7.90. The Morgan fingerprint density at radius 1 is 1.23 bits per heavy atom. The Morgan fingerprint density at radius 2 is 2.03 bits per heavy atom. The fraction of sp³-hybridized carbons (Fsp3) is 0.316. The standard InChI is InChI=1S/C19H19N3O7S/c23-18(20-9-14-11-27-15-3-1-2-4-16(15)29-14)12-28-19(24)13-5-6-17-21-30(25,26)8-7-22(17)10-13/h1-6,10,14H,7-9,11-12H2,(H,20,23). The molecule has 3 aliphatic rings. The van der Waals surface area contributed by atoms with Gasteiger partial charge in [0.2, 0.25) is 0 Å². The molecule has 1 aromatic rings. The van der Waals surface area contributed by atoms with Gasteiger partial charge in [-0.1, -0.05) is 12.1 Å². The van der Waals surface area contributed by atoms with Crippen LogP contribution in [0.2, 0.25) is 0 Å². The minimum atomic E-state index is -3.47. The quantitative estimate of drug-likeness (QED) is 0.643. The number of hydrogen-bond donors (Lipinski definition) is 1. The second kappa shape index (κ2) is 8.19. The van der Waals surface area contributed by atoms with Crippen LogP contribution in [-0.4, -0.2) is 69.2 Å². The monoisotopic (exact) mass is 433 g/mol. The summed E-state index contributed by atoms with van der Waals surface area (Å²) in [5.41, 5.74) is 0.196. The van der Waals surface area contributed by atoms with E-state index in [9.17, 15) is 18.0 Å². The second-order valence-electron chi connectivity index (χ2n) is 6.72. The van der Waals surface area contributed by atoms with Crippen molar-refractivity contribution in [2.75, 3.05) is 32.1 Å². The number of hydrogen-bond acceptors (Lipinski definition) is 8. The maximum absolute atomic E-state index is 12.2. The van der Waals surface area contributed by atoms with Crippen molar-refractivity contribution in [3.63, 3.8) is 0 Å². The van der Waals surface area contributed by atoms with Crippen molar-refractivity contribution in [3.8, 4) is 11.5 Å². The van der Waals surface area contributed by atoms with E-state index in [1.807, 2.05) is 12.1 Å². The minimum Gasteiger partial charge on any atom is -0.486 e. The summed E-state index contributed by atoms with van der Waals surface area (Å²) in [6.45, 7) is 0.235. The average molecular weight is 433 g/mol. The highest BCUT2D eigenvalue weighted by Crippen LogP contribution is 2.30. The Hall–Kier alpha value is -3.34. The third-order valence-corrected chi connectivity index (χ3v) is 5.65. The Bertz CT molecular complexity index is 1060. The number of ether oxygens (including phenoxy) is 3. The van der Waals surface area contributed by atoms with Gasteiger partial charge in [0.15, 0.2) is 18.1 Å². The molecule has 1 N–H and O–H groups in total. The molecule has 1 aromatic carbocycles. The topological polar surface area (TPSA) is 124 Å². The lowest BCUT2D eigenvalue weighted by molar-refractivity contribution is -0.144. The maximum atomic E-state index is 12.2. The van der Waals surface area contributed by atoms with E-state index in [2.05, 4.69) is 9.71 Å². The SMILES string of the molecule is O=C(COC(=O)C1=CN2CCS(=O)(=O)N=C2C=C1)NCC1COc2ccccc2O1. The number of carbonyl (C=O) groups excluding carboxylic acids is 2. The predicted molar refractivity (Wildman–Crippen MR) is 105 cm³/mol. The Balaban J connectivity index is 1.23. The Labute approximate surface area is 172 Å². The van der Waals surface area contributed by atoms with Crippen molar-refractivity contribution in [1.82, 2.24) is 10.2 Å². The van der Waals surface area contributed by atoms with Gasteiger partial charge in [0.25, 0.3) is 15.9 Å². The van der Waals surface area contributed by atoms with E-state index in [-0.39, 0.29) is 36.4 Å². The number of benzene rings is 1. The summed E-state index contributed by atoms with van der Waals surface area (Å²) >= 11 is 0. The van der Waals surface area contributed by atoms with E-state index in [0.29, 0.717) is 18.1 Å². The van der Waals surface area contributed by atoms with Crippen LogP contribution in [0.25, 0.3) is 0 Å². The number of para-hydroxylation sites is 2. The molecule has 0 fully saturated rings. The molecule has 3 aliphatic heterocycles. The van der Waals surface area contributed by atoms with E-state index in [4.69, 9.17) is 14.2 Å². The van der Waals surface area contributed by atoms with Crippen LogP contribution >= 0.6 is 0 Å². The summed E-state index contributed by atoms with van der Waals surface area (Å²) < 4.78 is 43.0. The molecule has 11 heteroatoms. The average Bonchev–Trinajstić information content (AvgIpc) is 2.75. The molecular formula is C19H19N3O7S. The van der Waals surface area contributed by atoms with Crippen LogP contribution in [0.1, 0.15) is 0 Å². The summed E-state index contributed by atoms with van der Waals surface area (Å²) in [4.78, 5) is 25.7. The molecule has 4 rings (SSSR count). The Morgan fingerprint density at radius 3 is 2.87 bits per heavy atom. The molecular weight excluding hydrogens is 414 g/mol. The number of sulfonamides is 1. The molecule has 0 spiro atoms. The third kappa shape index (κ3) is 4.62. The second-order valence-corrected chi connectivity index (χ2v) is 8.48. The van der Waals surface area contributed by atoms with Crippen molar-refractivity contribution >= 4 is 27.7 Å². The van der Waals surface area contributed by atoms with Gasteiger partial charge >= 0.3 is 5.97 Å². The lowest BCUT2D eigenvalue weighted by Crippen LogP contribution is -2.42. The molecule has 0 radical (unpaired) electrons. The summed E-state index contributed by atoms with van der Waals surface area (Å²) in [6, 6.07) is 7.25. The van der Waals surface area contributed by atoms with Crippen LogP contribution in [-0.2, 0) is 24.3 Å². The van der Waals surface area contributed by atoms with Gasteiger partial charge in [0.1, 0.15) is 18.5 Å². The van der Waals surface area contributed by atoms with E-state index in [1.165, 1.54) is 18.4 Å². The smallest absolute Gasteiger partial charge is 0.340 e. The third-order valence-electron chi connectivity index (χ3n) is 4.49. The summed E-state index contributed by atoms with van der Waals surface area (Å²) in [6.07, 6.45) is 3.93. The van der Waals surface area contributed by atoms with Gasteiger partial charge in [-0.05, 0) is 24.3 Å². The van der Waals surface area contributed by atoms with Gasteiger partial charge in [0, 0.05) is 12.7 Å². The first-order chi connectivity index (χ1) is 14.4. The fourth-order valence-corrected chi connectivity index (χ4v) is 3.95. The highest BCUT2D eigenvalue weighted by atomic mass is 32.2. The minimum absolute atomic E-state index is 0.136. The van der Waals surface area contributed by atoms with Gasteiger partial charge < -0.3 is 24.4 Å². The van der Waals surface area contributed by atoms with E-state index >= 15 is 0 Å². The van der Waals surface area contributed by atoms with Crippen molar-refractivity contribution in [2.24, 2.45) is 4.40 Å². The van der Waals surface area contributed by atoms with Gasteiger partial charge in [-0.2, -0.15) is 0 Å². The molecule has 1 atom stereocenters. The molecule has 0 saturated carbocycles. The summed E-state index contributed by atoms with van der Waals surface area (Å²) in [5.74, 6) is 0.203. The number of nitrogens with one attached hydrogen (secondary N) is 1. The zero-order chi connectivity index (χ0) is 21.1. The van der Waals surface area contributed by atoms with Gasteiger partial charge in [0.05, 0.1) is 17.9 Å². The van der Waals surface area contributed by atoms with Crippen LogP contribution in [0, 0.1) is 0 Å². The maximum Gasteiger partial charge on any atom is 0.340 e. The molecule has 1 amide bonds. The van der Waals surface area contributed by atoms with Gasteiger partial charge in [-0.25, -0.2) is 13.2 Å². The number of fused-ring (bicyclic) bond motifs is 2. The van der Waals surface area contributed by atoms with Crippen LogP contribution in [0.15, 0.2) is 52.6 Å². The molecule has 158 valence electrons. The summed E-state index contributed by atoms with van der Waals surface area (Å²) in [7, 11) is -3.47.